The van der Waals surface area contributed by atoms with Crippen LogP contribution >= 0.6 is 11.8 Å². The first-order valence-electron chi connectivity index (χ1n) is 6.74. The number of hydrogen-bond donors (Lipinski definition) is 2. The van der Waals surface area contributed by atoms with Crippen LogP contribution in [0.1, 0.15) is 32.1 Å². The van der Waals surface area contributed by atoms with Crippen LogP contribution in [0, 0.1) is 0 Å². The van der Waals surface area contributed by atoms with Crippen LogP contribution in [0.3, 0.4) is 0 Å². The molecule has 2 amide bonds. The lowest BCUT2D eigenvalue weighted by molar-refractivity contribution is 0.237. The summed E-state index contributed by atoms with van der Waals surface area (Å²) >= 11 is 1.73. The number of urea groups is 1. The van der Waals surface area contributed by atoms with E-state index in [1.54, 1.807) is 11.8 Å². The Labute approximate surface area is 118 Å². The number of thioether (sulfide) groups is 1. The maximum atomic E-state index is 12.0. The molecular weight excluding hydrogens is 286 g/mol. The van der Waals surface area contributed by atoms with Crippen molar-refractivity contribution in [2.75, 3.05) is 24.6 Å². The average Bonchev–Trinajstić information content (AvgIpc) is 2.40. The largest absolute Gasteiger partial charge is 0.335 e. The summed E-state index contributed by atoms with van der Waals surface area (Å²) in [5.41, 5.74) is 0. The van der Waals surface area contributed by atoms with Gasteiger partial charge >= 0.3 is 16.2 Å². The van der Waals surface area contributed by atoms with Crippen LogP contribution in [0.25, 0.3) is 0 Å². The van der Waals surface area contributed by atoms with E-state index >= 15 is 0 Å². The molecule has 6 nitrogen and oxygen atoms in total. The molecule has 1 aliphatic carbocycles. The Balaban J connectivity index is 1.82. The molecule has 0 aromatic heterocycles. The predicted molar refractivity (Wildman–Crippen MR) is 76.4 cm³/mol. The highest BCUT2D eigenvalue weighted by Crippen LogP contribution is 2.17. The van der Waals surface area contributed by atoms with Crippen LogP contribution < -0.4 is 10.0 Å². The summed E-state index contributed by atoms with van der Waals surface area (Å²) in [5.74, 6) is 1.57. The van der Waals surface area contributed by atoms with Crippen molar-refractivity contribution in [1.29, 1.82) is 0 Å². The molecule has 19 heavy (non-hydrogen) atoms. The molecule has 1 heterocycles. The normalized spacial score (nSPS) is 22.9. The smallest absolute Gasteiger partial charge is 0.329 e. The second-order valence-corrected chi connectivity index (χ2v) is 7.82. The zero-order valence-corrected chi connectivity index (χ0v) is 12.6. The van der Waals surface area contributed by atoms with Gasteiger partial charge in [0.25, 0.3) is 0 Å². The van der Waals surface area contributed by atoms with Gasteiger partial charge in [0.05, 0.1) is 0 Å². The number of carbonyl (C=O) groups excluding carboxylic acids is 1. The molecule has 110 valence electrons. The van der Waals surface area contributed by atoms with Crippen molar-refractivity contribution in [3.05, 3.63) is 0 Å². The van der Waals surface area contributed by atoms with E-state index in [0.717, 1.165) is 37.2 Å². The zero-order valence-electron chi connectivity index (χ0n) is 10.9. The third-order valence-corrected chi connectivity index (χ3v) is 5.90. The zero-order chi connectivity index (χ0) is 13.7. The summed E-state index contributed by atoms with van der Waals surface area (Å²) < 4.78 is 27.4. The fourth-order valence-corrected chi connectivity index (χ4v) is 4.65. The van der Waals surface area contributed by atoms with Crippen LogP contribution in [-0.2, 0) is 10.2 Å². The molecule has 0 atom stereocenters. The Bertz CT molecular complexity index is 401. The van der Waals surface area contributed by atoms with Gasteiger partial charge in [0.15, 0.2) is 0 Å². The fourth-order valence-electron chi connectivity index (χ4n) is 2.43. The monoisotopic (exact) mass is 307 g/mol. The average molecular weight is 307 g/mol. The van der Waals surface area contributed by atoms with Gasteiger partial charge in [-0.15, -0.1) is 0 Å². The Kier molecular flexibility index (Phi) is 5.35. The highest BCUT2D eigenvalue weighted by Gasteiger charge is 2.26. The second kappa shape index (κ2) is 6.81. The highest BCUT2D eigenvalue weighted by atomic mass is 32.2. The van der Waals surface area contributed by atoms with Gasteiger partial charge in [0.2, 0.25) is 0 Å². The van der Waals surface area contributed by atoms with Gasteiger partial charge in [-0.05, 0) is 12.8 Å². The third-order valence-electron chi connectivity index (χ3n) is 3.47. The number of amides is 2. The number of carbonyl (C=O) groups is 1. The van der Waals surface area contributed by atoms with E-state index in [0.29, 0.717) is 13.1 Å². The minimum Gasteiger partial charge on any atom is -0.335 e. The lowest BCUT2D eigenvalue weighted by atomic mass is 9.96. The minimum atomic E-state index is -3.68. The van der Waals surface area contributed by atoms with Crippen LogP contribution in [-0.4, -0.2) is 49.4 Å². The number of rotatable bonds is 3. The standard InChI is InChI=1S/C11H21N3O3S2/c15-11(12-10-4-2-1-3-5-10)13-19(16,17)14-6-8-18-9-7-14/h10H,1-9H2,(H2,12,13,15). The molecule has 0 aromatic carbocycles. The maximum Gasteiger partial charge on any atom is 0.329 e. The van der Waals surface area contributed by atoms with Crippen LogP contribution in [0.15, 0.2) is 0 Å². The van der Waals surface area contributed by atoms with E-state index in [4.69, 9.17) is 0 Å². The van der Waals surface area contributed by atoms with Crippen LogP contribution in [0.5, 0.6) is 0 Å². The van der Waals surface area contributed by atoms with E-state index < -0.39 is 16.2 Å². The van der Waals surface area contributed by atoms with Crippen molar-refractivity contribution in [2.45, 2.75) is 38.1 Å². The van der Waals surface area contributed by atoms with E-state index in [2.05, 4.69) is 10.0 Å². The van der Waals surface area contributed by atoms with Crippen LogP contribution in [0.2, 0.25) is 0 Å². The summed E-state index contributed by atoms with van der Waals surface area (Å²) in [4.78, 5) is 11.7. The van der Waals surface area contributed by atoms with E-state index in [1.807, 2.05) is 0 Å². The van der Waals surface area contributed by atoms with Crippen LogP contribution in [0.4, 0.5) is 4.79 Å². The first-order valence-corrected chi connectivity index (χ1v) is 9.33. The summed E-state index contributed by atoms with van der Waals surface area (Å²) in [6.07, 6.45) is 5.27. The first kappa shape index (κ1) is 14.9. The molecule has 2 rings (SSSR count). The van der Waals surface area contributed by atoms with Gasteiger partial charge in [-0.2, -0.15) is 24.5 Å². The number of nitrogens with one attached hydrogen (secondary N) is 2. The van der Waals surface area contributed by atoms with Crippen molar-refractivity contribution in [3.63, 3.8) is 0 Å². The number of hydrogen-bond acceptors (Lipinski definition) is 4. The van der Waals surface area contributed by atoms with Crippen molar-refractivity contribution < 1.29 is 13.2 Å². The lowest BCUT2D eigenvalue weighted by Gasteiger charge is -2.27. The van der Waals surface area contributed by atoms with Gasteiger partial charge < -0.3 is 5.32 Å². The van der Waals surface area contributed by atoms with E-state index in [-0.39, 0.29) is 6.04 Å². The fraction of sp³-hybridized carbons (Fsp3) is 0.909. The summed E-state index contributed by atoms with van der Waals surface area (Å²) in [5, 5.41) is 2.75. The Morgan fingerprint density at radius 1 is 1.11 bits per heavy atom. The molecule has 0 bridgehead atoms. The molecule has 0 aromatic rings. The molecule has 0 radical (unpaired) electrons. The van der Waals surface area contributed by atoms with E-state index in [9.17, 15) is 13.2 Å². The van der Waals surface area contributed by atoms with Gasteiger partial charge in [-0.1, -0.05) is 19.3 Å². The van der Waals surface area contributed by atoms with Crippen molar-refractivity contribution in [1.82, 2.24) is 14.3 Å². The second-order valence-electron chi connectivity index (χ2n) is 4.93. The maximum absolute atomic E-state index is 12.0. The van der Waals surface area contributed by atoms with Gasteiger partial charge in [0.1, 0.15) is 0 Å². The molecule has 1 saturated carbocycles. The molecule has 2 fully saturated rings. The third kappa shape index (κ3) is 4.54. The first-order chi connectivity index (χ1) is 9.08. The molecule has 1 aliphatic heterocycles. The Morgan fingerprint density at radius 2 is 1.74 bits per heavy atom. The van der Waals surface area contributed by atoms with Gasteiger partial charge in [-0.3, -0.25) is 0 Å². The molecule has 1 saturated heterocycles. The molecule has 0 unspecified atom stereocenters. The molecule has 0 spiro atoms. The summed E-state index contributed by atoms with van der Waals surface area (Å²) in [6, 6.07) is -0.481. The molecule has 2 aliphatic rings. The molecule has 2 N–H and O–H groups in total. The van der Waals surface area contributed by atoms with Gasteiger partial charge in [-0.25, -0.2) is 9.52 Å². The van der Waals surface area contributed by atoms with Crippen molar-refractivity contribution in [3.8, 4) is 0 Å². The Morgan fingerprint density at radius 3 is 2.37 bits per heavy atom. The SMILES string of the molecule is O=C(NC1CCCCC1)NS(=O)(=O)N1CCSCC1. The molecule has 8 heteroatoms. The highest BCUT2D eigenvalue weighted by molar-refractivity contribution is 7.99. The van der Waals surface area contributed by atoms with Crippen molar-refractivity contribution >= 4 is 28.0 Å². The van der Waals surface area contributed by atoms with Gasteiger partial charge in [0, 0.05) is 30.6 Å². The molecular formula is C11H21N3O3S2. The Hall–Kier alpha value is -0.470. The topological polar surface area (TPSA) is 78.5 Å². The number of nitrogens with zero attached hydrogens (tertiary/aromatic N) is 1. The minimum absolute atomic E-state index is 0.112. The van der Waals surface area contributed by atoms with Crippen molar-refractivity contribution in [2.24, 2.45) is 0 Å². The summed E-state index contributed by atoms with van der Waals surface area (Å²) in [6.45, 7) is 0.938. The predicted octanol–water partition coefficient (Wildman–Crippen LogP) is 0.912. The summed E-state index contributed by atoms with van der Waals surface area (Å²) in [7, 11) is -3.68. The lowest BCUT2D eigenvalue weighted by Crippen LogP contribution is -2.51. The van der Waals surface area contributed by atoms with E-state index in [1.165, 1.54) is 10.7 Å². The quantitative estimate of drug-likeness (QED) is 0.812.